The highest BCUT2D eigenvalue weighted by Crippen LogP contribution is 2.38. The van der Waals surface area contributed by atoms with Crippen molar-refractivity contribution in [2.24, 2.45) is 0 Å². The van der Waals surface area contributed by atoms with Gasteiger partial charge in [0.25, 0.3) is 0 Å². The summed E-state index contributed by atoms with van der Waals surface area (Å²) in [6.07, 6.45) is 2.08. The molecule has 2 rings (SSSR count). The fourth-order valence-electron chi connectivity index (χ4n) is 1.43. The van der Waals surface area contributed by atoms with Gasteiger partial charge in [0.1, 0.15) is 0 Å². The first kappa shape index (κ1) is 10.9. The van der Waals surface area contributed by atoms with Gasteiger partial charge in [-0.2, -0.15) is 5.26 Å². The summed E-state index contributed by atoms with van der Waals surface area (Å²) in [7, 11) is 0. The summed E-state index contributed by atoms with van der Waals surface area (Å²) in [5.74, 6) is -0.412. The Morgan fingerprint density at radius 1 is 1.50 bits per heavy atom. The average Bonchev–Trinajstić information content (AvgIpc) is 2.99. The summed E-state index contributed by atoms with van der Waals surface area (Å²) >= 11 is 0. The summed E-state index contributed by atoms with van der Waals surface area (Å²) in [4.78, 5) is 0. The lowest BCUT2D eigenvalue weighted by Gasteiger charge is -2.10. The molecule has 4 heteroatoms. The van der Waals surface area contributed by atoms with Crippen LogP contribution in [0.15, 0.2) is 18.2 Å². The highest BCUT2D eigenvalue weighted by atomic mass is 19.1. The maximum Gasteiger partial charge on any atom is 0.165 e. The van der Waals surface area contributed by atoms with Crippen LogP contribution in [0.2, 0.25) is 0 Å². The monoisotopic (exact) mass is 221 g/mol. The molecule has 1 aliphatic rings. The van der Waals surface area contributed by atoms with Crippen molar-refractivity contribution < 1.29 is 14.2 Å². The van der Waals surface area contributed by atoms with E-state index in [-0.39, 0.29) is 12.4 Å². The molecule has 0 radical (unpaired) electrons. The molecule has 1 aromatic carbocycles. The van der Waals surface area contributed by atoms with Crippen molar-refractivity contribution in [2.45, 2.75) is 24.9 Å². The molecule has 0 amide bonds. The van der Waals surface area contributed by atoms with E-state index >= 15 is 0 Å². The Morgan fingerprint density at radius 3 is 2.88 bits per heavy atom. The minimum atomic E-state index is -0.594. The van der Waals surface area contributed by atoms with Crippen LogP contribution in [-0.4, -0.2) is 17.3 Å². The van der Waals surface area contributed by atoms with Crippen molar-refractivity contribution in [3.8, 4) is 11.8 Å². The number of rotatable bonds is 4. The van der Waals surface area contributed by atoms with Crippen molar-refractivity contribution >= 4 is 0 Å². The molecule has 0 saturated heterocycles. The summed E-state index contributed by atoms with van der Waals surface area (Å²) < 4.78 is 18.5. The van der Waals surface area contributed by atoms with Crippen molar-refractivity contribution in [1.29, 1.82) is 5.26 Å². The van der Waals surface area contributed by atoms with Crippen LogP contribution in [0, 0.1) is 17.1 Å². The van der Waals surface area contributed by atoms with Crippen molar-refractivity contribution in [3.63, 3.8) is 0 Å². The van der Waals surface area contributed by atoms with E-state index in [0.717, 1.165) is 12.8 Å². The van der Waals surface area contributed by atoms with Crippen LogP contribution in [0.4, 0.5) is 4.39 Å². The first-order valence-corrected chi connectivity index (χ1v) is 5.18. The van der Waals surface area contributed by atoms with Crippen LogP contribution in [0.3, 0.4) is 0 Å². The van der Waals surface area contributed by atoms with E-state index in [9.17, 15) is 9.50 Å². The van der Waals surface area contributed by atoms with Gasteiger partial charge in [-0.1, -0.05) is 0 Å². The summed E-state index contributed by atoms with van der Waals surface area (Å²) in [5.41, 5.74) is -0.231. The van der Waals surface area contributed by atoms with Crippen molar-refractivity contribution in [3.05, 3.63) is 29.6 Å². The first-order chi connectivity index (χ1) is 7.63. The topological polar surface area (TPSA) is 53.2 Å². The molecule has 0 unspecified atom stereocenters. The highest BCUT2D eigenvalue weighted by Gasteiger charge is 2.39. The molecule has 1 saturated carbocycles. The number of nitriles is 1. The Hall–Kier alpha value is -1.60. The standard InChI is InChI=1S/C12H12FNO2/c13-10-2-1-9(8-14)7-11(10)16-6-5-12(15)3-4-12/h1-2,7,15H,3-6H2. The Balaban J connectivity index is 1.95. The van der Waals surface area contributed by atoms with E-state index in [1.165, 1.54) is 18.2 Å². The van der Waals surface area contributed by atoms with Crippen LogP contribution in [0.5, 0.6) is 5.75 Å². The van der Waals surface area contributed by atoms with Gasteiger partial charge in [0.15, 0.2) is 11.6 Å². The number of benzene rings is 1. The quantitative estimate of drug-likeness (QED) is 0.845. The summed E-state index contributed by atoms with van der Waals surface area (Å²) in [6, 6.07) is 5.89. The molecule has 0 heterocycles. The minimum absolute atomic E-state index is 0.0725. The fraction of sp³-hybridized carbons (Fsp3) is 0.417. The van der Waals surface area contributed by atoms with E-state index in [4.69, 9.17) is 10.00 Å². The number of aliphatic hydroxyl groups is 1. The molecule has 1 fully saturated rings. The van der Waals surface area contributed by atoms with E-state index < -0.39 is 11.4 Å². The van der Waals surface area contributed by atoms with E-state index in [1.807, 2.05) is 6.07 Å². The Labute approximate surface area is 93.1 Å². The predicted octanol–water partition coefficient (Wildman–Crippen LogP) is 1.99. The molecule has 1 N–H and O–H groups in total. The third-order valence-corrected chi connectivity index (χ3v) is 2.71. The molecule has 1 aromatic rings. The summed E-state index contributed by atoms with van der Waals surface area (Å²) in [5, 5.41) is 18.2. The predicted molar refractivity (Wildman–Crippen MR) is 55.4 cm³/mol. The Kier molecular flexibility index (Phi) is 2.80. The van der Waals surface area contributed by atoms with Gasteiger partial charge in [-0.25, -0.2) is 4.39 Å². The lowest BCUT2D eigenvalue weighted by molar-refractivity contribution is 0.116. The third kappa shape index (κ3) is 2.50. The lowest BCUT2D eigenvalue weighted by Crippen LogP contribution is -2.12. The van der Waals surface area contributed by atoms with Gasteiger partial charge in [-0.05, 0) is 25.0 Å². The maximum atomic E-state index is 13.2. The fourth-order valence-corrected chi connectivity index (χ4v) is 1.43. The molecule has 16 heavy (non-hydrogen) atoms. The zero-order valence-electron chi connectivity index (χ0n) is 8.74. The normalized spacial score (nSPS) is 16.6. The van der Waals surface area contributed by atoms with Gasteiger partial charge in [-0.3, -0.25) is 0 Å². The Morgan fingerprint density at radius 2 is 2.25 bits per heavy atom. The molecule has 84 valence electrons. The van der Waals surface area contributed by atoms with E-state index in [1.54, 1.807) is 0 Å². The number of nitrogens with zero attached hydrogens (tertiary/aromatic N) is 1. The van der Waals surface area contributed by atoms with Crippen LogP contribution in [0.1, 0.15) is 24.8 Å². The third-order valence-electron chi connectivity index (χ3n) is 2.71. The average molecular weight is 221 g/mol. The lowest BCUT2D eigenvalue weighted by atomic mass is 10.2. The van der Waals surface area contributed by atoms with Gasteiger partial charge in [0.05, 0.1) is 23.8 Å². The van der Waals surface area contributed by atoms with Crippen LogP contribution >= 0.6 is 0 Å². The molecule has 1 aliphatic carbocycles. The van der Waals surface area contributed by atoms with Gasteiger partial charge in [0.2, 0.25) is 0 Å². The SMILES string of the molecule is N#Cc1ccc(F)c(OCCC2(O)CC2)c1. The molecule has 3 nitrogen and oxygen atoms in total. The molecule has 0 aromatic heterocycles. The summed E-state index contributed by atoms with van der Waals surface area (Å²) in [6.45, 7) is 0.266. The molecule has 0 atom stereocenters. The highest BCUT2D eigenvalue weighted by molar-refractivity contribution is 5.37. The van der Waals surface area contributed by atoms with Crippen molar-refractivity contribution in [1.82, 2.24) is 0 Å². The van der Waals surface area contributed by atoms with Crippen LogP contribution in [-0.2, 0) is 0 Å². The smallest absolute Gasteiger partial charge is 0.165 e. The van der Waals surface area contributed by atoms with Gasteiger partial charge in [-0.15, -0.1) is 0 Å². The Bertz CT molecular complexity index is 435. The molecule has 0 spiro atoms. The second-order valence-electron chi connectivity index (χ2n) is 4.08. The second kappa shape index (κ2) is 4.11. The number of ether oxygens (including phenoxy) is 1. The molecular formula is C12H12FNO2. The van der Waals surface area contributed by atoms with Crippen LogP contribution < -0.4 is 4.74 Å². The number of hydrogen-bond acceptors (Lipinski definition) is 3. The second-order valence-corrected chi connectivity index (χ2v) is 4.08. The largest absolute Gasteiger partial charge is 0.490 e. The van der Waals surface area contributed by atoms with Crippen LogP contribution in [0.25, 0.3) is 0 Å². The number of hydrogen-bond donors (Lipinski definition) is 1. The molecule has 0 aliphatic heterocycles. The van der Waals surface area contributed by atoms with Gasteiger partial charge < -0.3 is 9.84 Å². The van der Waals surface area contributed by atoms with E-state index in [2.05, 4.69) is 0 Å². The van der Waals surface area contributed by atoms with Gasteiger partial charge >= 0.3 is 0 Å². The minimum Gasteiger partial charge on any atom is -0.490 e. The molecule has 0 bridgehead atoms. The maximum absolute atomic E-state index is 13.2. The van der Waals surface area contributed by atoms with Crippen molar-refractivity contribution in [2.75, 3.05) is 6.61 Å². The van der Waals surface area contributed by atoms with Gasteiger partial charge in [0, 0.05) is 12.5 Å². The molecular weight excluding hydrogens is 209 g/mol. The number of halogens is 1. The first-order valence-electron chi connectivity index (χ1n) is 5.18. The zero-order valence-corrected chi connectivity index (χ0v) is 8.74. The zero-order chi connectivity index (χ0) is 11.6. The van der Waals surface area contributed by atoms with E-state index in [0.29, 0.717) is 12.0 Å².